The van der Waals surface area contributed by atoms with Gasteiger partial charge in [-0.1, -0.05) is 30.3 Å². The molecule has 1 atom stereocenters. The second-order valence-corrected chi connectivity index (χ2v) is 6.31. The Morgan fingerprint density at radius 1 is 1.04 bits per heavy atom. The van der Waals surface area contributed by atoms with E-state index in [0.717, 1.165) is 5.56 Å². The maximum atomic E-state index is 12.7. The first-order chi connectivity index (χ1) is 12.5. The molecule has 0 spiro atoms. The summed E-state index contributed by atoms with van der Waals surface area (Å²) in [5.74, 6) is 0.693. The summed E-state index contributed by atoms with van der Waals surface area (Å²) in [4.78, 5) is 26.7. The maximum Gasteiger partial charge on any atom is 0.252 e. The first kappa shape index (κ1) is 17.8. The number of likely N-dealkylation sites (N-methyl/N-ethyl adjacent to an activating group) is 1. The van der Waals surface area contributed by atoms with Gasteiger partial charge in [-0.2, -0.15) is 0 Å². The van der Waals surface area contributed by atoms with Crippen molar-refractivity contribution in [1.82, 2.24) is 10.2 Å². The van der Waals surface area contributed by atoms with E-state index in [1.807, 2.05) is 30.3 Å². The van der Waals surface area contributed by atoms with Crippen LogP contribution >= 0.6 is 0 Å². The van der Waals surface area contributed by atoms with Crippen molar-refractivity contribution in [3.8, 4) is 11.5 Å². The predicted octanol–water partition coefficient (Wildman–Crippen LogP) is 1.89. The van der Waals surface area contributed by atoms with Crippen LogP contribution in [0.3, 0.4) is 0 Å². The van der Waals surface area contributed by atoms with Crippen LogP contribution in [-0.2, 0) is 11.2 Å². The highest BCUT2D eigenvalue weighted by Gasteiger charge is 2.24. The first-order valence-electron chi connectivity index (χ1n) is 8.50. The van der Waals surface area contributed by atoms with E-state index in [1.54, 1.807) is 32.3 Å². The van der Waals surface area contributed by atoms with Crippen LogP contribution < -0.4 is 14.8 Å². The summed E-state index contributed by atoms with van der Waals surface area (Å²) >= 11 is 0. The Hall–Kier alpha value is -3.02. The lowest BCUT2D eigenvalue weighted by atomic mass is 10.0. The highest BCUT2D eigenvalue weighted by atomic mass is 16.6. The van der Waals surface area contributed by atoms with Gasteiger partial charge in [0.2, 0.25) is 5.91 Å². The average Bonchev–Trinajstić information content (AvgIpc) is 2.67. The highest BCUT2D eigenvalue weighted by molar-refractivity contribution is 5.98. The van der Waals surface area contributed by atoms with Gasteiger partial charge in [0, 0.05) is 26.1 Å². The van der Waals surface area contributed by atoms with Gasteiger partial charge in [-0.25, -0.2) is 0 Å². The number of amides is 2. The van der Waals surface area contributed by atoms with Crippen molar-refractivity contribution >= 4 is 11.8 Å². The predicted molar refractivity (Wildman–Crippen MR) is 97.5 cm³/mol. The second-order valence-electron chi connectivity index (χ2n) is 6.31. The topological polar surface area (TPSA) is 67.9 Å². The Labute approximate surface area is 152 Å². The molecule has 0 saturated heterocycles. The van der Waals surface area contributed by atoms with E-state index in [0.29, 0.717) is 36.7 Å². The lowest BCUT2D eigenvalue weighted by molar-refractivity contribution is -0.130. The summed E-state index contributed by atoms with van der Waals surface area (Å²) < 4.78 is 11.0. The molecule has 1 aliphatic heterocycles. The van der Waals surface area contributed by atoms with E-state index in [1.165, 1.54) is 4.90 Å². The van der Waals surface area contributed by atoms with Crippen molar-refractivity contribution in [1.29, 1.82) is 0 Å². The van der Waals surface area contributed by atoms with E-state index >= 15 is 0 Å². The molecule has 6 heteroatoms. The first-order valence-corrected chi connectivity index (χ1v) is 8.50. The summed E-state index contributed by atoms with van der Waals surface area (Å²) in [7, 11) is 3.35. The van der Waals surface area contributed by atoms with Crippen molar-refractivity contribution in [3.05, 3.63) is 59.7 Å². The van der Waals surface area contributed by atoms with E-state index in [4.69, 9.17) is 9.47 Å². The largest absolute Gasteiger partial charge is 0.486 e. The number of hydrogen-bond acceptors (Lipinski definition) is 4. The smallest absolute Gasteiger partial charge is 0.252 e. The zero-order valence-corrected chi connectivity index (χ0v) is 14.9. The Kier molecular flexibility index (Phi) is 5.41. The van der Waals surface area contributed by atoms with Gasteiger partial charge >= 0.3 is 0 Å². The average molecular weight is 354 g/mol. The van der Waals surface area contributed by atoms with Crippen LogP contribution in [0.2, 0.25) is 0 Å². The van der Waals surface area contributed by atoms with Crippen LogP contribution in [0.15, 0.2) is 48.5 Å². The molecule has 1 heterocycles. The van der Waals surface area contributed by atoms with Crippen LogP contribution in [0.4, 0.5) is 0 Å². The molecule has 2 aromatic rings. The van der Waals surface area contributed by atoms with Crippen LogP contribution in [0.5, 0.6) is 11.5 Å². The number of fused-ring (bicyclic) bond motifs is 1. The number of nitrogens with zero attached hydrogens (tertiary/aromatic N) is 1. The van der Waals surface area contributed by atoms with Crippen LogP contribution in [0.1, 0.15) is 15.9 Å². The van der Waals surface area contributed by atoms with Gasteiger partial charge in [-0.05, 0) is 23.8 Å². The van der Waals surface area contributed by atoms with E-state index < -0.39 is 6.04 Å². The zero-order chi connectivity index (χ0) is 18.5. The molecule has 2 amide bonds. The molecule has 0 bridgehead atoms. The normalized spacial score (nSPS) is 13.6. The molecule has 1 unspecified atom stereocenters. The molecular formula is C20H22N2O4. The van der Waals surface area contributed by atoms with Gasteiger partial charge in [0.1, 0.15) is 19.3 Å². The van der Waals surface area contributed by atoms with Gasteiger partial charge in [0.25, 0.3) is 5.91 Å². The quantitative estimate of drug-likeness (QED) is 0.890. The van der Waals surface area contributed by atoms with Gasteiger partial charge in [-0.3, -0.25) is 9.59 Å². The molecule has 2 aromatic carbocycles. The van der Waals surface area contributed by atoms with E-state index in [2.05, 4.69) is 5.32 Å². The van der Waals surface area contributed by atoms with Crippen molar-refractivity contribution in [2.24, 2.45) is 0 Å². The number of carbonyl (C=O) groups excluding carboxylic acids is 2. The Morgan fingerprint density at radius 2 is 1.73 bits per heavy atom. The summed E-state index contributed by atoms with van der Waals surface area (Å²) in [6, 6.07) is 14.0. The number of nitrogens with one attached hydrogen (secondary N) is 1. The van der Waals surface area contributed by atoms with Crippen LogP contribution in [0.25, 0.3) is 0 Å². The maximum absolute atomic E-state index is 12.7. The van der Waals surface area contributed by atoms with E-state index in [9.17, 15) is 9.59 Å². The van der Waals surface area contributed by atoms with Crippen molar-refractivity contribution < 1.29 is 19.1 Å². The minimum Gasteiger partial charge on any atom is -0.486 e. The van der Waals surface area contributed by atoms with E-state index in [-0.39, 0.29) is 11.8 Å². The van der Waals surface area contributed by atoms with Gasteiger partial charge < -0.3 is 19.7 Å². The molecule has 136 valence electrons. The third-order valence-electron chi connectivity index (χ3n) is 4.13. The lowest BCUT2D eigenvalue weighted by Gasteiger charge is -2.23. The number of benzene rings is 2. The number of ether oxygens (including phenoxy) is 2. The van der Waals surface area contributed by atoms with Crippen molar-refractivity contribution in [3.63, 3.8) is 0 Å². The van der Waals surface area contributed by atoms with Crippen molar-refractivity contribution in [2.45, 2.75) is 12.5 Å². The number of hydrogen-bond donors (Lipinski definition) is 1. The fourth-order valence-corrected chi connectivity index (χ4v) is 2.79. The highest BCUT2D eigenvalue weighted by Crippen LogP contribution is 2.30. The standard InChI is InChI=1S/C20H22N2O4/c1-22(2)20(24)16(12-14-6-4-3-5-7-14)21-19(23)15-8-9-17-18(13-15)26-11-10-25-17/h3-9,13,16H,10-12H2,1-2H3,(H,21,23). The number of rotatable bonds is 5. The molecule has 0 aliphatic carbocycles. The molecule has 1 aliphatic rings. The Balaban J connectivity index is 1.77. The summed E-state index contributed by atoms with van der Waals surface area (Å²) in [6.07, 6.45) is 0.425. The lowest BCUT2D eigenvalue weighted by Crippen LogP contribution is -2.47. The monoisotopic (exact) mass is 354 g/mol. The SMILES string of the molecule is CN(C)C(=O)C(Cc1ccccc1)NC(=O)c1ccc2c(c1)OCCO2. The summed E-state index contributed by atoms with van der Waals surface area (Å²) in [6.45, 7) is 0.947. The minimum absolute atomic E-state index is 0.153. The molecule has 26 heavy (non-hydrogen) atoms. The minimum atomic E-state index is -0.645. The molecule has 0 saturated carbocycles. The van der Waals surface area contributed by atoms with Gasteiger partial charge in [-0.15, -0.1) is 0 Å². The Bertz CT molecular complexity index is 790. The molecule has 1 N–H and O–H groups in total. The third kappa shape index (κ3) is 4.14. The van der Waals surface area contributed by atoms with Crippen molar-refractivity contribution in [2.75, 3.05) is 27.3 Å². The second kappa shape index (κ2) is 7.91. The van der Waals surface area contributed by atoms with Gasteiger partial charge in [0.15, 0.2) is 11.5 Å². The van der Waals surface area contributed by atoms with Gasteiger partial charge in [0.05, 0.1) is 0 Å². The molecule has 0 aromatic heterocycles. The Morgan fingerprint density at radius 3 is 2.42 bits per heavy atom. The molecule has 0 radical (unpaired) electrons. The third-order valence-corrected chi connectivity index (χ3v) is 4.13. The molecular weight excluding hydrogens is 332 g/mol. The number of carbonyl (C=O) groups is 2. The molecule has 6 nitrogen and oxygen atoms in total. The summed E-state index contributed by atoms with van der Waals surface area (Å²) in [5.41, 5.74) is 1.41. The zero-order valence-electron chi connectivity index (χ0n) is 14.9. The molecule has 3 rings (SSSR count). The van der Waals surface area contributed by atoms with Crippen LogP contribution in [-0.4, -0.2) is 50.1 Å². The summed E-state index contributed by atoms with van der Waals surface area (Å²) in [5, 5.41) is 2.84. The molecule has 0 fully saturated rings. The fraction of sp³-hybridized carbons (Fsp3) is 0.300. The fourth-order valence-electron chi connectivity index (χ4n) is 2.79. The van der Waals surface area contributed by atoms with Crippen LogP contribution in [0, 0.1) is 0 Å².